The lowest BCUT2D eigenvalue weighted by atomic mass is 9.41. The third-order valence-electron chi connectivity index (χ3n) is 12.1. The molecule has 6 nitrogen and oxygen atoms in total. The summed E-state index contributed by atoms with van der Waals surface area (Å²) in [6.07, 6.45) is 15.3. The summed E-state index contributed by atoms with van der Waals surface area (Å²) in [5.74, 6) is 2.02. The first kappa shape index (κ1) is 31.1. The number of hydrogen-bond acceptors (Lipinski definition) is 4. The van der Waals surface area contributed by atoms with Crippen LogP contribution >= 0.6 is 0 Å². The van der Waals surface area contributed by atoms with Crippen molar-refractivity contribution in [2.75, 3.05) is 6.54 Å². The van der Waals surface area contributed by atoms with E-state index in [4.69, 9.17) is 9.84 Å². The molecule has 0 bridgehead atoms. The highest BCUT2D eigenvalue weighted by molar-refractivity contribution is 5.84. The molecule has 3 fully saturated rings. The number of carbonyl (C=O) groups is 3. The standard InChI is InChI=1S/C34H55NO5/c1-22(2)8-7-9-23(3)26-10-11-27-33(26,5)19-16-28-32(4)18-15-25(20-24(32)14-17-34(27,28)6)40-31(39)21-35-29(36)12-13-30(37)38/h14,22-23,25-28H,7-13,15-21H2,1-6H3,(H,35,36)(H,37,38)/t23-,25+,26?,27-,28-,32+,33-,34+/m1/s1. The summed E-state index contributed by atoms with van der Waals surface area (Å²) in [6.45, 7) is 14.8. The van der Waals surface area contributed by atoms with Gasteiger partial charge in [-0.1, -0.05) is 72.5 Å². The third kappa shape index (κ3) is 6.16. The number of fused-ring (bicyclic) bond motifs is 5. The van der Waals surface area contributed by atoms with Crippen LogP contribution in [0.2, 0.25) is 0 Å². The number of carboxylic acids is 1. The van der Waals surface area contributed by atoms with Crippen LogP contribution in [0.3, 0.4) is 0 Å². The number of hydrogen-bond donors (Lipinski definition) is 2. The number of esters is 1. The van der Waals surface area contributed by atoms with E-state index in [0.29, 0.717) is 16.7 Å². The summed E-state index contributed by atoms with van der Waals surface area (Å²) < 4.78 is 5.78. The molecule has 1 amide bonds. The molecule has 226 valence electrons. The van der Waals surface area contributed by atoms with Crippen LogP contribution in [0.1, 0.15) is 125 Å². The van der Waals surface area contributed by atoms with Crippen LogP contribution in [0, 0.1) is 45.8 Å². The van der Waals surface area contributed by atoms with Crippen LogP contribution in [0.15, 0.2) is 11.6 Å². The zero-order chi connectivity index (χ0) is 29.3. The first-order valence-corrected chi connectivity index (χ1v) is 16.2. The molecule has 8 atom stereocenters. The van der Waals surface area contributed by atoms with E-state index in [1.807, 2.05) is 0 Å². The van der Waals surface area contributed by atoms with E-state index >= 15 is 0 Å². The van der Waals surface area contributed by atoms with Gasteiger partial charge in [-0.2, -0.15) is 0 Å². The van der Waals surface area contributed by atoms with Crippen molar-refractivity contribution in [3.05, 3.63) is 11.6 Å². The summed E-state index contributed by atoms with van der Waals surface area (Å²) >= 11 is 0. The topological polar surface area (TPSA) is 92.7 Å². The fourth-order valence-corrected chi connectivity index (χ4v) is 10.1. The molecule has 6 heteroatoms. The van der Waals surface area contributed by atoms with E-state index in [2.05, 4.69) is 52.9 Å². The predicted octanol–water partition coefficient (Wildman–Crippen LogP) is 7.31. The number of rotatable bonds is 11. The SMILES string of the molecule is CC(C)CCC[C@@H](C)C1CC[C@H]2[C@]3(C)CC=C4C[C@@H](OC(=O)CNC(=O)CCC(=O)O)CC[C@]4(C)[C@H]3CC[C@]12C. The highest BCUT2D eigenvalue weighted by Crippen LogP contribution is 2.72. The Labute approximate surface area is 242 Å². The molecule has 40 heavy (non-hydrogen) atoms. The van der Waals surface area contributed by atoms with Crippen LogP contribution in [0.5, 0.6) is 0 Å². The zero-order valence-electron chi connectivity index (χ0n) is 26.0. The van der Waals surface area contributed by atoms with Gasteiger partial charge >= 0.3 is 11.9 Å². The molecular weight excluding hydrogens is 502 g/mol. The molecule has 4 rings (SSSR count). The van der Waals surface area contributed by atoms with Crippen molar-refractivity contribution < 1.29 is 24.2 Å². The molecule has 0 heterocycles. The van der Waals surface area contributed by atoms with Crippen molar-refractivity contribution in [2.24, 2.45) is 45.8 Å². The molecule has 0 saturated heterocycles. The van der Waals surface area contributed by atoms with E-state index < -0.39 is 17.8 Å². The van der Waals surface area contributed by atoms with Gasteiger partial charge in [0.15, 0.2) is 0 Å². The number of allylic oxidation sites excluding steroid dienone is 1. The molecule has 0 aromatic heterocycles. The zero-order valence-corrected chi connectivity index (χ0v) is 26.0. The summed E-state index contributed by atoms with van der Waals surface area (Å²) in [4.78, 5) is 34.9. The van der Waals surface area contributed by atoms with E-state index in [1.165, 1.54) is 50.5 Å². The molecule has 3 saturated carbocycles. The summed E-state index contributed by atoms with van der Waals surface area (Å²) in [5.41, 5.74) is 2.43. The lowest BCUT2D eigenvalue weighted by Gasteiger charge is -2.63. The Hall–Kier alpha value is -1.85. The molecule has 4 aliphatic rings. The Kier molecular flexibility index (Phi) is 9.46. The Bertz CT molecular complexity index is 989. The van der Waals surface area contributed by atoms with Crippen molar-refractivity contribution in [2.45, 2.75) is 131 Å². The molecule has 0 aromatic rings. The number of carbonyl (C=O) groups excluding carboxylic acids is 2. The summed E-state index contributed by atoms with van der Waals surface area (Å²) in [6, 6.07) is 0. The normalized spacial score (nSPS) is 37.5. The van der Waals surface area contributed by atoms with Crippen LogP contribution in [-0.4, -0.2) is 35.6 Å². The van der Waals surface area contributed by atoms with Crippen LogP contribution in [0.4, 0.5) is 0 Å². The molecular formula is C34H55NO5. The molecule has 0 aliphatic heterocycles. The van der Waals surface area contributed by atoms with Crippen molar-refractivity contribution in [3.8, 4) is 0 Å². The largest absolute Gasteiger partial charge is 0.481 e. The maximum absolute atomic E-state index is 12.4. The van der Waals surface area contributed by atoms with Gasteiger partial charge in [0, 0.05) is 12.8 Å². The molecule has 1 unspecified atom stereocenters. The average Bonchev–Trinajstić information content (AvgIpc) is 3.24. The van der Waals surface area contributed by atoms with Gasteiger partial charge in [-0.15, -0.1) is 0 Å². The molecule has 2 N–H and O–H groups in total. The maximum Gasteiger partial charge on any atom is 0.325 e. The number of nitrogens with one attached hydrogen (secondary N) is 1. The third-order valence-corrected chi connectivity index (χ3v) is 12.1. The van der Waals surface area contributed by atoms with E-state index in [-0.39, 0.29) is 30.9 Å². The first-order chi connectivity index (χ1) is 18.8. The molecule has 4 aliphatic carbocycles. The summed E-state index contributed by atoms with van der Waals surface area (Å²) in [5, 5.41) is 11.2. The first-order valence-electron chi connectivity index (χ1n) is 16.2. The maximum atomic E-state index is 12.4. The minimum absolute atomic E-state index is 0.130. The van der Waals surface area contributed by atoms with Gasteiger partial charge in [0.1, 0.15) is 12.6 Å². The van der Waals surface area contributed by atoms with E-state index in [0.717, 1.165) is 49.4 Å². The Morgan fingerprint density at radius 2 is 1.73 bits per heavy atom. The van der Waals surface area contributed by atoms with E-state index in [9.17, 15) is 14.4 Å². The predicted molar refractivity (Wildman–Crippen MR) is 157 cm³/mol. The monoisotopic (exact) mass is 557 g/mol. The molecule has 0 spiro atoms. The second-order valence-corrected chi connectivity index (χ2v) is 15.0. The lowest BCUT2D eigenvalue weighted by Crippen LogP contribution is -2.56. The van der Waals surface area contributed by atoms with Crippen LogP contribution in [0.25, 0.3) is 0 Å². The average molecular weight is 558 g/mol. The van der Waals surface area contributed by atoms with Gasteiger partial charge in [0.2, 0.25) is 5.91 Å². The quantitative estimate of drug-likeness (QED) is 0.205. The number of carboxylic acid groups (broad SMARTS) is 1. The van der Waals surface area contributed by atoms with E-state index in [1.54, 1.807) is 0 Å². The Morgan fingerprint density at radius 3 is 2.42 bits per heavy atom. The van der Waals surface area contributed by atoms with Crippen molar-refractivity contribution in [1.29, 1.82) is 0 Å². The van der Waals surface area contributed by atoms with Gasteiger partial charge in [-0.25, -0.2) is 0 Å². The Morgan fingerprint density at radius 1 is 0.975 bits per heavy atom. The van der Waals surface area contributed by atoms with Crippen molar-refractivity contribution in [1.82, 2.24) is 5.32 Å². The number of aliphatic carboxylic acids is 1. The van der Waals surface area contributed by atoms with Crippen molar-refractivity contribution >= 4 is 17.8 Å². The fourth-order valence-electron chi connectivity index (χ4n) is 10.1. The smallest absolute Gasteiger partial charge is 0.325 e. The minimum Gasteiger partial charge on any atom is -0.481 e. The second kappa shape index (κ2) is 12.2. The van der Waals surface area contributed by atoms with Crippen LogP contribution in [-0.2, 0) is 19.1 Å². The molecule has 0 radical (unpaired) electrons. The Balaban J connectivity index is 1.37. The van der Waals surface area contributed by atoms with Gasteiger partial charge in [-0.3, -0.25) is 14.4 Å². The van der Waals surface area contributed by atoms with Gasteiger partial charge in [0.05, 0.1) is 6.42 Å². The highest BCUT2D eigenvalue weighted by Gasteiger charge is 2.64. The van der Waals surface area contributed by atoms with Crippen LogP contribution < -0.4 is 5.32 Å². The van der Waals surface area contributed by atoms with Gasteiger partial charge in [0.25, 0.3) is 0 Å². The lowest BCUT2D eigenvalue weighted by molar-refractivity contribution is -0.153. The number of amides is 1. The van der Waals surface area contributed by atoms with Gasteiger partial charge in [-0.05, 0) is 90.8 Å². The fraction of sp³-hybridized carbons (Fsp3) is 0.853. The van der Waals surface area contributed by atoms with Gasteiger partial charge < -0.3 is 15.2 Å². The number of ether oxygens (including phenoxy) is 1. The highest BCUT2D eigenvalue weighted by atomic mass is 16.5. The summed E-state index contributed by atoms with van der Waals surface area (Å²) in [7, 11) is 0. The second-order valence-electron chi connectivity index (χ2n) is 15.0. The minimum atomic E-state index is -1.03. The van der Waals surface area contributed by atoms with Crippen molar-refractivity contribution in [3.63, 3.8) is 0 Å². The molecule has 0 aromatic carbocycles.